The standard InChI is InChI=1S/C16H23N3O7/c1-8(21)13(17)15(24)19-12(7-20)14(23)18-11(16(25)26)6-9-2-4-10(22)5-3-9/h2-5,8,11-13,20-22H,6-7,17H2,1H3,(H,18,23)(H,19,24)(H,25,26)/t8-,11+,12+,13+/m1/s1. The Bertz CT molecular complexity index is 633. The van der Waals surface area contributed by atoms with Gasteiger partial charge in [0, 0.05) is 6.42 Å². The van der Waals surface area contributed by atoms with Crippen LogP contribution in [-0.2, 0) is 20.8 Å². The molecular formula is C16H23N3O7. The normalized spacial score (nSPS) is 15.4. The van der Waals surface area contributed by atoms with Crippen molar-refractivity contribution in [3.63, 3.8) is 0 Å². The third kappa shape index (κ3) is 6.31. The second kappa shape index (κ2) is 9.70. The van der Waals surface area contributed by atoms with Crippen LogP contribution in [0.5, 0.6) is 5.75 Å². The van der Waals surface area contributed by atoms with E-state index < -0.39 is 48.6 Å². The number of carbonyl (C=O) groups excluding carboxylic acids is 2. The zero-order valence-electron chi connectivity index (χ0n) is 14.1. The molecule has 0 saturated carbocycles. The van der Waals surface area contributed by atoms with Crippen molar-refractivity contribution in [2.45, 2.75) is 37.6 Å². The Morgan fingerprint density at radius 2 is 1.62 bits per heavy atom. The maximum atomic E-state index is 12.2. The number of aromatic hydroxyl groups is 1. The molecule has 10 heteroatoms. The number of hydrogen-bond acceptors (Lipinski definition) is 7. The molecule has 2 amide bonds. The summed E-state index contributed by atoms with van der Waals surface area (Å²) in [5.41, 5.74) is 5.99. The Kier molecular flexibility index (Phi) is 7.97. The van der Waals surface area contributed by atoms with Gasteiger partial charge in [-0.3, -0.25) is 9.59 Å². The average Bonchev–Trinajstić information content (AvgIpc) is 2.59. The molecule has 0 spiro atoms. The minimum absolute atomic E-state index is 0.0159. The Hall–Kier alpha value is -2.69. The van der Waals surface area contributed by atoms with Crippen LogP contribution in [0.25, 0.3) is 0 Å². The van der Waals surface area contributed by atoms with E-state index in [-0.39, 0.29) is 12.2 Å². The van der Waals surface area contributed by atoms with Gasteiger partial charge in [-0.25, -0.2) is 4.79 Å². The zero-order chi connectivity index (χ0) is 19.9. The van der Waals surface area contributed by atoms with Crippen molar-refractivity contribution in [1.29, 1.82) is 0 Å². The lowest BCUT2D eigenvalue weighted by molar-refractivity contribution is -0.142. The summed E-state index contributed by atoms with van der Waals surface area (Å²) in [6.45, 7) is 0.506. The van der Waals surface area contributed by atoms with E-state index in [9.17, 15) is 34.8 Å². The van der Waals surface area contributed by atoms with Gasteiger partial charge in [-0.2, -0.15) is 0 Å². The van der Waals surface area contributed by atoms with Gasteiger partial charge in [-0.1, -0.05) is 12.1 Å². The van der Waals surface area contributed by atoms with E-state index in [2.05, 4.69) is 10.6 Å². The Morgan fingerprint density at radius 3 is 2.08 bits per heavy atom. The van der Waals surface area contributed by atoms with Crippen molar-refractivity contribution < 1.29 is 34.8 Å². The van der Waals surface area contributed by atoms with Crippen LogP contribution in [0.4, 0.5) is 0 Å². The van der Waals surface area contributed by atoms with Gasteiger partial charge in [0.2, 0.25) is 11.8 Å². The molecule has 0 bridgehead atoms. The number of nitrogens with two attached hydrogens (primary N) is 1. The van der Waals surface area contributed by atoms with Crippen LogP contribution in [0.1, 0.15) is 12.5 Å². The number of rotatable bonds is 9. The largest absolute Gasteiger partial charge is 0.508 e. The number of phenols is 1. The topological polar surface area (TPSA) is 182 Å². The summed E-state index contributed by atoms with van der Waals surface area (Å²) in [5.74, 6) is -3.07. The van der Waals surface area contributed by atoms with Gasteiger partial charge in [0.25, 0.3) is 0 Å². The molecule has 1 rings (SSSR count). The van der Waals surface area contributed by atoms with Gasteiger partial charge in [0.05, 0.1) is 12.7 Å². The number of phenolic OH excluding ortho intramolecular Hbond substituents is 1. The van der Waals surface area contributed by atoms with Crippen molar-refractivity contribution >= 4 is 17.8 Å². The van der Waals surface area contributed by atoms with Crippen molar-refractivity contribution in [3.05, 3.63) is 29.8 Å². The van der Waals surface area contributed by atoms with Crippen molar-refractivity contribution in [1.82, 2.24) is 10.6 Å². The minimum Gasteiger partial charge on any atom is -0.508 e. The summed E-state index contributed by atoms with van der Waals surface area (Å²) in [6, 6.07) is 1.73. The molecule has 1 aromatic carbocycles. The number of nitrogens with one attached hydrogen (secondary N) is 2. The van der Waals surface area contributed by atoms with E-state index in [1.807, 2.05) is 0 Å². The predicted molar refractivity (Wildman–Crippen MR) is 90.1 cm³/mol. The monoisotopic (exact) mass is 369 g/mol. The highest BCUT2D eigenvalue weighted by molar-refractivity contribution is 5.92. The van der Waals surface area contributed by atoms with Crippen LogP contribution in [0, 0.1) is 0 Å². The summed E-state index contributed by atoms with van der Waals surface area (Å²) in [5, 5.41) is 41.4. The summed E-state index contributed by atoms with van der Waals surface area (Å²) in [4.78, 5) is 35.3. The highest BCUT2D eigenvalue weighted by atomic mass is 16.4. The molecular weight excluding hydrogens is 346 g/mol. The van der Waals surface area contributed by atoms with Crippen LogP contribution < -0.4 is 16.4 Å². The summed E-state index contributed by atoms with van der Waals surface area (Å²) < 4.78 is 0. The number of hydrogen-bond donors (Lipinski definition) is 7. The van der Waals surface area contributed by atoms with Crippen LogP contribution >= 0.6 is 0 Å². The molecule has 4 atom stereocenters. The number of carboxylic acid groups (broad SMARTS) is 1. The first-order valence-corrected chi connectivity index (χ1v) is 7.81. The molecule has 0 saturated heterocycles. The van der Waals surface area contributed by atoms with Gasteiger partial charge < -0.3 is 36.8 Å². The van der Waals surface area contributed by atoms with Gasteiger partial charge in [0.15, 0.2) is 0 Å². The quantitative estimate of drug-likeness (QED) is 0.253. The number of amides is 2. The summed E-state index contributed by atoms with van der Waals surface area (Å²) >= 11 is 0. The number of carboxylic acids is 1. The van der Waals surface area contributed by atoms with Crippen molar-refractivity contribution in [2.75, 3.05) is 6.61 Å². The Balaban J connectivity index is 2.76. The average molecular weight is 369 g/mol. The van der Waals surface area contributed by atoms with Gasteiger partial charge in [-0.05, 0) is 24.6 Å². The fourth-order valence-electron chi connectivity index (χ4n) is 2.02. The second-order valence-corrected chi connectivity index (χ2v) is 5.78. The molecule has 26 heavy (non-hydrogen) atoms. The van der Waals surface area contributed by atoms with E-state index in [1.165, 1.54) is 31.2 Å². The number of aliphatic hydroxyl groups excluding tert-OH is 2. The summed E-state index contributed by atoms with van der Waals surface area (Å²) in [7, 11) is 0. The summed E-state index contributed by atoms with van der Waals surface area (Å²) in [6.07, 6.45) is -1.24. The molecule has 0 unspecified atom stereocenters. The number of aliphatic carboxylic acids is 1. The lowest BCUT2D eigenvalue weighted by Gasteiger charge is -2.22. The van der Waals surface area contributed by atoms with Crippen LogP contribution in [0.2, 0.25) is 0 Å². The third-order valence-electron chi connectivity index (χ3n) is 3.63. The van der Waals surface area contributed by atoms with Gasteiger partial charge >= 0.3 is 5.97 Å². The molecule has 10 nitrogen and oxygen atoms in total. The highest BCUT2D eigenvalue weighted by Crippen LogP contribution is 2.11. The maximum absolute atomic E-state index is 12.2. The van der Waals surface area contributed by atoms with E-state index in [0.29, 0.717) is 5.56 Å². The van der Waals surface area contributed by atoms with E-state index >= 15 is 0 Å². The first-order valence-electron chi connectivity index (χ1n) is 7.81. The number of aliphatic hydroxyl groups is 2. The molecule has 0 aliphatic rings. The fourth-order valence-corrected chi connectivity index (χ4v) is 2.02. The molecule has 0 aliphatic carbocycles. The minimum atomic E-state index is -1.42. The number of carbonyl (C=O) groups is 3. The Labute approximate surface area is 149 Å². The molecule has 0 radical (unpaired) electrons. The first kappa shape index (κ1) is 21.4. The molecule has 1 aromatic rings. The fraction of sp³-hybridized carbons (Fsp3) is 0.438. The smallest absolute Gasteiger partial charge is 0.326 e. The maximum Gasteiger partial charge on any atom is 0.326 e. The SMILES string of the molecule is C[C@@H](O)[C@H](N)C(=O)N[C@@H](CO)C(=O)N[C@@H](Cc1ccc(O)cc1)C(=O)O. The molecule has 0 aromatic heterocycles. The van der Waals surface area contributed by atoms with E-state index in [1.54, 1.807) is 0 Å². The van der Waals surface area contributed by atoms with Gasteiger partial charge in [0.1, 0.15) is 23.9 Å². The molecule has 0 aliphatic heterocycles. The van der Waals surface area contributed by atoms with Crippen LogP contribution in [0.15, 0.2) is 24.3 Å². The number of benzene rings is 1. The molecule has 8 N–H and O–H groups in total. The van der Waals surface area contributed by atoms with Crippen molar-refractivity contribution in [2.24, 2.45) is 5.73 Å². The lowest BCUT2D eigenvalue weighted by atomic mass is 10.1. The van der Waals surface area contributed by atoms with Gasteiger partial charge in [-0.15, -0.1) is 0 Å². The lowest BCUT2D eigenvalue weighted by Crippen LogP contribution is -2.57. The molecule has 0 fully saturated rings. The van der Waals surface area contributed by atoms with E-state index in [0.717, 1.165) is 0 Å². The predicted octanol–water partition coefficient (Wildman–Crippen LogP) is -2.31. The third-order valence-corrected chi connectivity index (χ3v) is 3.63. The molecule has 144 valence electrons. The second-order valence-electron chi connectivity index (χ2n) is 5.78. The first-order chi connectivity index (χ1) is 12.1. The Morgan fingerprint density at radius 1 is 1.08 bits per heavy atom. The van der Waals surface area contributed by atoms with Crippen LogP contribution in [0.3, 0.4) is 0 Å². The highest BCUT2D eigenvalue weighted by Gasteiger charge is 2.28. The van der Waals surface area contributed by atoms with E-state index in [4.69, 9.17) is 5.73 Å². The van der Waals surface area contributed by atoms with Crippen molar-refractivity contribution in [3.8, 4) is 5.75 Å². The molecule has 0 heterocycles. The zero-order valence-corrected chi connectivity index (χ0v) is 14.1. The van der Waals surface area contributed by atoms with Crippen LogP contribution in [-0.4, -0.2) is 69.0 Å².